The van der Waals surface area contributed by atoms with Gasteiger partial charge in [0, 0.05) is 0 Å². The molecule has 2 atom stereocenters. The quantitative estimate of drug-likeness (QED) is 0.477. The van der Waals surface area contributed by atoms with E-state index in [1.165, 1.54) is 0 Å². The summed E-state index contributed by atoms with van der Waals surface area (Å²) >= 11 is 0. The summed E-state index contributed by atoms with van der Waals surface area (Å²) in [6.07, 6.45) is 0.831. The largest absolute Gasteiger partial charge is 0.460 e. The maximum Gasteiger partial charge on any atom is 0.323 e. The van der Waals surface area contributed by atoms with Gasteiger partial charge >= 0.3 is 11.9 Å². The van der Waals surface area contributed by atoms with Crippen molar-refractivity contribution in [3.05, 3.63) is 107 Å². The molecule has 0 radical (unpaired) electrons. The van der Waals surface area contributed by atoms with E-state index in [0.717, 1.165) is 22.3 Å². The minimum absolute atomic E-state index is 0.0939. The van der Waals surface area contributed by atoms with Crippen molar-refractivity contribution in [2.75, 3.05) is 0 Å². The van der Waals surface area contributed by atoms with Gasteiger partial charge in [-0.25, -0.2) is 0 Å². The van der Waals surface area contributed by atoms with Gasteiger partial charge in [-0.3, -0.25) is 9.59 Å². The van der Waals surface area contributed by atoms with Crippen LogP contribution in [0.4, 0.5) is 0 Å². The molecule has 0 unspecified atom stereocenters. The maximum absolute atomic E-state index is 12.2. The Morgan fingerprint density at radius 2 is 0.969 bits per heavy atom. The maximum atomic E-state index is 12.2. The summed E-state index contributed by atoms with van der Waals surface area (Å²) < 4.78 is 10.7. The number of benzene rings is 3. The van der Waals surface area contributed by atoms with Crippen molar-refractivity contribution in [3.8, 4) is 0 Å². The monoisotopic (exact) mass is 432 g/mol. The number of rotatable bonds is 10. The first-order chi connectivity index (χ1) is 15.5. The Hall–Kier alpha value is -3.48. The van der Waals surface area contributed by atoms with Crippen LogP contribution in [0.25, 0.3) is 0 Å². The van der Waals surface area contributed by atoms with Gasteiger partial charge in [0.1, 0.15) is 25.3 Å². The van der Waals surface area contributed by atoms with Gasteiger partial charge in [0.2, 0.25) is 0 Å². The smallest absolute Gasteiger partial charge is 0.323 e. The first-order valence-electron chi connectivity index (χ1n) is 10.5. The summed E-state index contributed by atoms with van der Waals surface area (Å²) in [4.78, 5) is 24.4. The molecule has 3 aromatic rings. The van der Waals surface area contributed by atoms with Crippen molar-refractivity contribution in [1.82, 2.24) is 0 Å². The standard InChI is InChI=1S/C26H28N2O4/c27-23(15-19-8-3-1-4-9-19)25(29)31-17-21-12-7-13-22(14-21)18-32-26(30)24(28)16-20-10-5-2-6-11-20/h1-14,23-24H,15-18,27-28H2/t23-,24-/m1/s1. The number of carbonyl (C=O) groups is 2. The minimum Gasteiger partial charge on any atom is -0.460 e. The van der Waals surface area contributed by atoms with E-state index in [1.54, 1.807) is 0 Å². The van der Waals surface area contributed by atoms with E-state index >= 15 is 0 Å². The average molecular weight is 433 g/mol. The van der Waals surface area contributed by atoms with Crippen LogP contribution in [0, 0.1) is 0 Å². The third kappa shape index (κ3) is 7.34. The van der Waals surface area contributed by atoms with Crippen LogP contribution in [0.2, 0.25) is 0 Å². The van der Waals surface area contributed by atoms with Crippen molar-refractivity contribution in [2.24, 2.45) is 11.5 Å². The zero-order valence-electron chi connectivity index (χ0n) is 17.9. The highest BCUT2D eigenvalue weighted by atomic mass is 16.5. The molecule has 4 N–H and O–H groups in total. The van der Waals surface area contributed by atoms with Crippen molar-refractivity contribution < 1.29 is 19.1 Å². The molecule has 3 rings (SSSR count). The van der Waals surface area contributed by atoms with Crippen LogP contribution in [0.15, 0.2) is 84.9 Å². The zero-order valence-corrected chi connectivity index (χ0v) is 17.9. The molecule has 3 aromatic carbocycles. The number of hydrogen-bond donors (Lipinski definition) is 2. The summed E-state index contributed by atoms with van der Waals surface area (Å²) in [5.41, 5.74) is 15.5. The molecule has 0 aliphatic rings. The Kier molecular flexibility index (Phi) is 8.54. The molecule has 0 saturated carbocycles. The molecule has 0 aliphatic heterocycles. The van der Waals surface area contributed by atoms with Crippen molar-refractivity contribution in [2.45, 2.75) is 38.1 Å². The molecular formula is C26H28N2O4. The van der Waals surface area contributed by atoms with Crippen molar-refractivity contribution >= 4 is 11.9 Å². The number of nitrogens with two attached hydrogens (primary N) is 2. The van der Waals surface area contributed by atoms with Gasteiger partial charge in [0.15, 0.2) is 0 Å². The fraction of sp³-hybridized carbons (Fsp3) is 0.231. The van der Waals surface area contributed by atoms with E-state index in [1.807, 2.05) is 84.9 Å². The molecule has 0 fully saturated rings. The minimum atomic E-state index is -0.729. The van der Waals surface area contributed by atoms with E-state index < -0.39 is 24.0 Å². The molecule has 0 amide bonds. The summed E-state index contributed by atoms with van der Waals surface area (Å²) in [6.45, 7) is 0.188. The predicted molar refractivity (Wildman–Crippen MR) is 122 cm³/mol. The van der Waals surface area contributed by atoms with Gasteiger partial charge in [0.25, 0.3) is 0 Å². The van der Waals surface area contributed by atoms with E-state index in [4.69, 9.17) is 20.9 Å². The molecule has 0 bridgehead atoms. The predicted octanol–water partition coefficient (Wildman–Crippen LogP) is 2.91. The van der Waals surface area contributed by atoms with E-state index in [0.29, 0.717) is 12.8 Å². The Bertz CT molecular complexity index is 930. The van der Waals surface area contributed by atoms with Crippen LogP contribution >= 0.6 is 0 Å². The topological polar surface area (TPSA) is 105 Å². The number of esters is 2. The highest BCUT2D eigenvalue weighted by Crippen LogP contribution is 2.11. The van der Waals surface area contributed by atoms with E-state index in [2.05, 4.69) is 0 Å². The van der Waals surface area contributed by atoms with E-state index in [9.17, 15) is 9.59 Å². The molecule has 0 saturated heterocycles. The molecule has 0 heterocycles. The first-order valence-corrected chi connectivity index (χ1v) is 10.5. The van der Waals surface area contributed by atoms with Crippen LogP contribution in [0.5, 0.6) is 0 Å². The Morgan fingerprint density at radius 1 is 0.594 bits per heavy atom. The number of hydrogen-bond acceptors (Lipinski definition) is 6. The average Bonchev–Trinajstić information content (AvgIpc) is 2.82. The lowest BCUT2D eigenvalue weighted by atomic mass is 10.1. The zero-order chi connectivity index (χ0) is 22.8. The van der Waals surface area contributed by atoms with Gasteiger partial charge in [-0.15, -0.1) is 0 Å². The summed E-state index contributed by atoms with van der Waals surface area (Å²) in [5.74, 6) is -0.921. The number of ether oxygens (including phenoxy) is 2. The van der Waals surface area contributed by atoms with Crippen LogP contribution < -0.4 is 11.5 Å². The fourth-order valence-corrected chi connectivity index (χ4v) is 3.23. The Labute approximate surface area is 188 Å². The molecule has 0 aromatic heterocycles. The summed E-state index contributed by atoms with van der Waals surface area (Å²) in [7, 11) is 0. The molecule has 32 heavy (non-hydrogen) atoms. The van der Waals surface area contributed by atoms with Crippen LogP contribution in [-0.2, 0) is 45.1 Å². The molecule has 6 heteroatoms. The molecule has 166 valence electrons. The molecular weight excluding hydrogens is 404 g/mol. The SMILES string of the molecule is N[C@H](Cc1ccccc1)C(=O)OCc1cccc(COC(=O)[C@H](N)Cc2ccccc2)c1. The van der Waals surface area contributed by atoms with Crippen LogP contribution in [-0.4, -0.2) is 24.0 Å². The van der Waals surface area contributed by atoms with E-state index in [-0.39, 0.29) is 13.2 Å². The fourth-order valence-electron chi connectivity index (χ4n) is 3.23. The van der Waals surface area contributed by atoms with Crippen molar-refractivity contribution in [1.29, 1.82) is 0 Å². The van der Waals surface area contributed by atoms with Crippen LogP contribution in [0.3, 0.4) is 0 Å². The molecule has 6 nitrogen and oxygen atoms in total. The van der Waals surface area contributed by atoms with Gasteiger partial charge in [-0.05, 0) is 41.2 Å². The van der Waals surface area contributed by atoms with Crippen LogP contribution in [0.1, 0.15) is 22.3 Å². The number of carbonyl (C=O) groups excluding carboxylic acids is 2. The Morgan fingerprint density at radius 3 is 1.38 bits per heavy atom. The highest BCUT2D eigenvalue weighted by Gasteiger charge is 2.17. The third-order valence-corrected chi connectivity index (χ3v) is 4.96. The lowest BCUT2D eigenvalue weighted by Gasteiger charge is -2.13. The highest BCUT2D eigenvalue weighted by molar-refractivity contribution is 5.76. The third-order valence-electron chi connectivity index (χ3n) is 4.96. The second-order valence-corrected chi connectivity index (χ2v) is 7.63. The molecule has 0 spiro atoms. The van der Waals surface area contributed by atoms with Gasteiger partial charge in [0.05, 0.1) is 0 Å². The lowest BCUT2D eigenvalue weighted by Crippen LogP contribution is -2.34. The van der Waals surface area contributed by atoms with Gasteiger partial charge in [-0.2, -0.15) is 0 Å². The Balaban J connectivity index is 1.45. The van der Waals surface area contributed by atoms with Gasteiger partial charge in [-0.1, -0.05) is 78.9 Å². The summed E-state index contributed by atoms with van der Waals surface area (Å²) in [5, 5.41) is 0. The molecule has 0 aliphatic carbocycles. The lowest BCUT2D eigenvalue weighted by molar-refractivity contribution is -0.147. The first kappa shape index (κ1) is 23.2. The normalized spacial score (nSPS) is 12.6. The van der Waals surface area contributed by atoms with Gasteiger partial charge < -0.3 is 20.9 Å². The van der Waals surface area contributed by atoms with Crippen molar-refractivity contribution in [3.63, 3.8) is 0 Å². The summed E-state index contributed by atoms with van der Waals surface area (Å²) in [6, 6.07) is 25.0. The second-order valence-electron chi connectivity index (χ2n) is 7.63. The second kappa shape index (κ2) is 11.8.